The highest BCUT2D eigenvalue weighted by Crippen LogP contribution is 2.32. The number of carboxylic acids is 1. The van der Waals surface area contributed by atoms with E-state index in [1.807, 2.05) is 102 Å². The van der Waals surface area contributed by atoms with Crippen LogP contribution in [0.2, 0.25) is 0 Å². The monoisotopic (exact) mass is 995 g/mol. The van der Waals surface area contributed by atoms with E-state index in [2.05, 4.69) is 10.3 Å². The summed E-state index contributed by atoms with van der Waals surface area (Å²) in [5, 5.41) is 11.9. The smallest absolute Gasteiger partial charge is 0.410 e. The molecule has 0 radical (unpaired) electrons. The van der Waals surface area contributed by atoms with Gasteiger partial charge in [-0.3, -0.25) is 19.3 Å². The Morgan fingerprint density at radius 1 is 0.620 bits per heavy atom. The van der Waals surface area contributed by atoms with Gasteiger partial charge in [0.1, 0.15) is 36.5 Å². The Labute approximate surface area is 416 Å². The van der Waals surface area contributed by atoms with E-state index in [9.17, 15) is 28.8 Å². The Morgan fingerprint density at radius 3 is 1.49 bits per heavy atom. The number of fused-ring (bicyclic) bond motifs is 4. The van der Waals surface area contributed by atoms with Crippen LogP contribution in [0.25, 0.3) is 0 Å². The largest absolute Gasteiger partial charge is 0.480 e. The summed E-state index contributed by atoms with van der Waals surface area (Å²) in [5.74, 6) is 4.20. The summed E-state index contributed by atoms with van der Waals surface area (Å²) in [6.45, 7) is 16.1. The molecule has 4 bridgehead atoms. The van der Waals surface area contributed by atoms with Crippen molar-refractivity contribution in [3.05, 3.63) is 71.8 Å². The van der Waals surface area contributed by atoms with Crippen molar-refractivity contribution in [1.29, 1.82) is 0 Å². The van der Waals surface area contributed by atoms with Crippen LogP contribution in [-0.2, 0) is 51.6 Å². The predicted molar refractivity (Wildman–Crippen MR) is 257 cm³/mol. The van der Waals surface area contributed by atoms with Crippen molar-refractivity contribution in [2.24, 2.45) is 17.7 Å². The molecule has 7 amide bonds. The van der Waals surface area contributed by atoms with Gasteiger partial charge >= 0.3 is 30.2 Å². The molecule has 6 fully saturated rings. The maximum absolute atomic E-state index is 12.9. The van der Waals surface area contributed by atoms with Gasteiger partial charge in [0.15, 0.2) is 0 Å². The summed E-state index contributed by atoms with van der Waals surface area (Å²) in [5.41, 5.74) is 3.51. The van der Waals surface area contributed by atoms with Crippen LogP contribution in [0.15, 0.2) is 60.7 Å². The number of nitrogens with two attached hydrogens (primary N) is 1. The topological polar surface area (TPSA) is 236 Å². The van der Waals surface area contributed by atoms with Gasteiger partial charge in [-0.15, -0.1) is 0 Å². The Bertz CT molecular complexity index is 2090. The van der Waals surface area contributed by atoms with Crippen molar-refractivity contribution < 1.29 is 62.7 Å². The number of hydrogen-bond acceptors (Lipinski definition) is 13. The fraction of sp³-hybridized carbons (Fsp3) is 0.640. The zero-order valence-electron chi connectivity index (χ0n) is 42.1. The molecule has 6 heterocycles. The zero-order chi connectivity index (χ0) is 51.3. The number of hydroxylamine groups is 5. The molecule has 0 spiro atoms. The first-order valence-electron chi connectivity index (χ1n) is 24.8. The van der Waals surface area contributed by atoms with Crippen LogP contribution in [0.1, 0.15) is 104 Å². The average molecular weight is 995 g/mol. The number of carbonyl (C=O) groups excluding carboxylic acids is 5. The van der Waals surface area contributed by atoms with Crippen LogP contribution in [-0.4, -0.2) is 159 Å². The number of benzene rings is 2. The van der Waals surface area contributed by atoms with Crippen molar-refractivity contribution in [3.8, 4) is 0 Å². The number of nitrogens with zero attached hydrogens (tertiary/aromatic N) is 6. The number of rotatable bonds is 13. The number of amides is 7. The third-order valence-electron chi connectivity index (χ3n) is 12.8. The van der Waals surface area contributed by atoms with Crippen molar-refractivity contribution in [2.45, 2.75) is 141 Å². The van der Waals surface area contributed by atoms with Crippen molar-refractivity contribution >= 4 is 36.1 Å². The third kappa shape index (κ3) is 15.9. The Hall–Kier alpha value is -5.74. The molecule has 392 valence electrons. The van der Waals surface area contributed by atoms with Crippen LogP contribution in [0.5, 0.6) is 0 Å². The van der Waals surface area contributed by atoms with E-state index in [0.29, 0.717) is 90.8 Å². The number of likely N-dealkylation sites (tertiary alicyclic amines) is 2. The standard InChI is InChI=1S/C25H36N4O6.C14H16N2O4.C11H22N2O3/c1-25(2,3)35-24(32)27-13-7-10-19(14-27)16-33-26-22(30)21-12-11-20-15-28(21)23(31)29(20)34-17-18-8-5-4-6-9-18;17-13(18)12-7-6-11-8-15(12)14(19)16(11)20-9-10-4-2-1-3-5-10;1-11(2,3)16-10(14)13-6-4-5-9(7-13)8-15-12/h4-6,8-9,19-21H,7,10-17H2,1-3H3,(H,26,30);1-5,11-12H,6-9H2,(H,17,18);9H,4-8,12H2,1-3H3/t19?,20-,21+;11-,12+;/m11./s1. The molecule has 4 N–H and O–H groups in total. The Balaban J connectivity index is 0.000000193. The molecule has 0 saturated carbocycles. The van der Waals surface area contributed by atoms with E-state index in [-0.39, 0.29) is 48.2 Å². The molecular formula is C50H74N8O13. The van der Waals surface area contributed by atoms with Gasteiger partial charge in [0, 0.05) is 51.1 Å². The first-order chi connectivity index (χ1) is 33.8. The lowest BCUT2D eigenvalue weighted by Gasteiger charge is -2.34. The highest BCUT2D eigenvalue weighted by molar-refractivity contribution is 5.88. The van der Waals surface area contributed by atoms with Gasteiger partial charge in [-0.2, -0.15) is 10.1 Å². The molecule has 6 saturated heterocycles. The maximum atomic E-state index is 12.9. The lowest BCUT2D eigenvalue weighted by atomic mass is 9.99. The molecular weight excluding hydrogens is 921 g/mol. The number of carboxylic acid groups (broad SMARTS) is 1. The van der Waals surface area contributed by atoms with E-state index in [1.165, 1.54) is 15.0 Å². The quantitative estimate of drug-likeness (QED) is 0.193. The average Bonchev–Trinajstić information content (AvgIpc) is 3.71. The van der Waals surface area contributed by atoms with Crippen LogP contribution >= 0.6 is 0 Å². The zero-order valence-corrected chi connectivity index (χ0v) is 42.1. The lowest BCUT2D eigenvalue weighted by molar-refractivity contribution is -0.143. The van der Waals surface area contributed by atoms with E-state index in [1.54, 1.807) is 14.7 Å². The fourth-order valence-electron chi connectivity index (χ4n) is 9.38. The SMILES string of the molecule is CC(C)(C)OC(=O)N1CCCC(CON)C1.CC(C)(C)OC(=O)N1CCCC(CONC(=O)[C@@H]2CC[C@@H]3CN2C(=O)N3OCc2ccccc2)C1.O=C(O)[C@@H]1CC[C@@H]2CN1C(=O)N2OCc1ccccc1. The van der Waals surface area contributed by atoms with Gasteiger partial charge in [-0.25, -0.2) is 35.3 Å². The van der Waals surface area contributed by atoms with Gasteiger partial charge in [0.05, 0.1) is 25.3 Å². The molecule has 2 unspecified atom stereocenters. The summed E-state index contributed by atoms with van der Waals surface area (Å²) in [6.07, 6.45) is 5.60. The molecule has 6 aliphatic rings. The first-order valence-corrected chi connectivity index (χ1v) is 24.8. The van der Waals surface area contributed by atoms with Gasteiger partial charge in [-0.1, -0.05) is 60.7 Å². The third-order valence-corrected chi connectivity index (χ3v) is 12.8. The fourth-order valence-corrected chi connectivity index (χ4v) is 9.38. The van der Waals surface area contributed by atoms with Gasteiger partial charge < -0.3 is 39.0 Å². The minimum Gasteiger partial charge on any atom is -0.480 e. The number of ether oxygens (including phenoxy) is 2. The lowest BCUT2D eigenvalue weighted by Crippen LogP contribution is -2.50. The van der Waals surface area contributed by atoms with Crippen LogP contribution in [0.4, 0.5) is 19.2 Å². The number of carbonyl (C=O) groups is 6. The van der Waals surface area contributed by atoms with Gasteiger partial charge in [0.2, 0.25) is 0 Å². The molecule has 2 aromatic rings. The van der Waals surface area contributed by atoms with Crippen molar-refractivity contribution in [1.82, 2.24) is 35.2 Å². The molecule has 71 heavy (non-hydrogen) atoms. The van der Waals surface area contributed by atoms with E-state index in [4.69, 9.17) is 35.0 Å². The minimum atomic E-state index is -0.943. The molecule has 8 rings (SSSR count). The first kappa shape index (κ1) is 54.6. The molecule has 0 aromatic heterocycles. The number of nitrogens with one attached hydrogen (secondary N) is 1. The van der Waals surface area contributed by atoms with Gasteiger partial charge in [0.25, 0.3) is 5.91 Å². The maximum Gasteiger partial charge on any atom is 0.410 e. The second kappa shape index (κ2) is 25.1. The predicted octanol–water partition coefficient (Wildman–Crippen LogP) is 6.08. The van der Waals surface area contributed by atoms with Crippen molar-refractivity contribution in [2.75, 3.05) is 52.5 Å². The highest BCUT2D eigenvalue weighted by Gasteiger charge is 2.49. The molecule has 6 aliphatic heterocycles. The van der Waals surface area contributed by atoms with E-state index in [0.717, 1.165) is 43.4 Å². The minimum absolute atomic E-state index is 0.0400. The summed E-state index contributed by atoms with van der Waals surface area (Å²) in [7, 11) is 0. The van der Waals surface area contributed by atoms with Crippen LogP contribution in [0.3, 0.4) is 0 Å². The summed E-state index contributed by atoms with van der Waals surface area (Å²) in [4.78, 5) is 101. The van der Waals surface area contributed by atoms with E-state index < -0.39 is 29.3 Å². The molecule has 6 atom stereocenters. The highest BCUT2D eigenvalue weighted by atomic mass is 16.7. The summed E-state index contributed by atoms with van der Waals surface area (Å²) >= 11 is 0. The summed E-state index contributed by atoms with van der Waals surface area (Å²) < 4.78 is 10.8. The Morgan fingerprint density at radius 2 is 1.06 bits per heavy atom. The Kier molecular flexibility index (Phi) is 19.3. The number of piperidine rings is 4. The number of hydrogen-bond donors (Lipinski definition) is 3. The number of urea groups is 2. The van der Waals surface area contributed by atoms with Gasteiger partial charge in [-0.05, 0) is 104 Å². The molecule has 21 heteroatoms. The van der Waals surface area contributed by atoms with Crippen LogP contribution < -0.4 is 11.4 Å². The van der Waals surface area contributed by atoms with Crippen molar-refractivity contribution in [3.63, 3.8) is 0 Å². The van der Waals surface area contributed by atoms with Crippen LogP contribution in [0, 0.1) is 11.8 Å². The number of aliphatic carboxylic acids is 1. The molecule has 21 nitrogen and oxygen atoms in total. The second-order valence-electron chi connectivity index (χ2n) is 20.9. The molecule has 0 aliphatic carbocycles. The van der Waals surface area contributed by atoms with E-state index >= 15 is 0 Å². The second-order valence-corrected chi connectivity index (χ2v) is 20.9. The normalized spacial score (nSPS) is 24.1. The summed E-state index contributed by atoms with van der Waals surface area (Å²) in [6, 6.07) is 17.2. The molecule has 2 aromatic carbocycles.